The lowest BCUT2D eigenvalue weighted by molar-refractivity contribution is -0.116. The maximum Gasteiger partial charge on any atom is 0.224 e. The Balaban J connectivity index is 1.55. The molecule has 1 saturated heterocycles. The van der Waals surface area contributed by atoms with Crippen molar-refractivity contribution in [2.24, 2.45) is 0 Å². The fraction of sp³-hybridized carbons (Fsp3) is 0.381. The summed E-state index contributed by atoms with van der Waals surface area (Å²) in [5.74, 6) is 0.0875. The number of benzene rings is 2. The molecule has 1 fully saturated rings. The average molecular weight is 369 g/mol. The summed E-state index contributed by atoms with van der Waals surface area (Å²) in [6, 6.07) is 14.3. The van der Waals surface area contributed by atoms with E-state index in [0.29, 0.717) is 25.9 Å². The number of aliphatic hydroxyl groups is 1. The van der Waals surface area contributed by atoms with Crippen molar-refractivity contribution in [3.8, 4) is 0 Å². The number of nitrogens with one attached hydrogen (secondary N) is 1. The SMILES string of the molecule is C[C@H]1C[C@@](O)(c2cccc(Sc3ccc4c(c3)CCC(=O)N4)c2)CCO1. The third-order valence-corrected chi connectivity index (χ3v) is 6.10. The van der Waals surface area contributed by atoms with Gasteiger partial charge in [0.05, 0.1) is 18.3 Å². The number of hydrogen-bond acceptors (Lipinski definition) is 4. The van der Waals surface area contributed by atoms with Crippen LogP contribution in [0.1, 0.15) is 37.3 Å². The third kappa shape index (κ3) is 3.65. The second-order valence-corrected chi connectivity index (χ2v) is 8.31. The fourth-order valence-corrected chi connectivity index (χ4v) is 4.68. The minimum Gasteiger partial charge on any atom is -0.385 e. The van der Waals surface area contributed by atoms with E-state index in [9.17, 15) is 9.90 Å². The van der Waals surface area contributed by atoms with Crippen LogP contribution in [-0.2, 0) is 21.6 Å². The van der Waals surface area contributed by atoms with Crippen molar-refractivity contribution >= 4 is 23.4 Å². The van der Waals surface area contributed by atoms with Gasteiger partial charge in [-0.3, -0.25) is 4.79 Å². The van der Waals surface area contributed by atoms with Crippen LogP contribution < -0.4 is 5.32 Å². The van der Waals surface area contributed by atoms with E-state index in [0.717, 1.165) is 27.5 Å². The molecule has 136 valence electrons. The predicted molar refractivity (Wildman–Crippen MR) is 103 cm³/mol. The first-order chi connectivity index (χ1) is 12.5. The van der Waals surface area contributed by atoms with Gasteiger partial charge in [0.15, 0.2) is 0 Å². The summed E-state index contributed by atoms with van der Waals surface area (Å²) in [6.45, 7) is 2.60. The van der Waals surface area contributed by atoms with Crippen LogP contribution in [0.3, 0.4) is 0 Å². The molecule has 0 aliphatic carbocycles. The molecule has 0 saturated carbocycles. The number of fused-ring (bicyclic) bond motifs is 1. The van der Waals surface area contributed by atoms with Gasteiger partial charge in [0, 0.05) is 34.7 Å². The molecule has 4 nitrogen and oxygen atoms in total. The lowest BCUT2D eigenvalue weighted by Gasteiger charge is -2.36. The van der Waals surface area contributed by atoms with Gasteiger partial charge >= 0.3 is 0 Å². The van der Waals surface area contributed by atoms with Crippen LogP contribution >= 0.6 is 11.8 Å². The minimum absolute atomic E-state index is 0.0703. The van der Waals surface area contributed by atoms with Gasteiger partial charge in [-0.15, -0.1) is 0 Å². The molecule has 0 spiro atoms. The zero-order valence-corrected chi connectivity index (χ0v) is 15.6. The summed E-state index contributed by atoms with van der Waals surface area (Å²) >= 11 is 1.68. The van der Waals surface area contributed by atoms with Crippen molar-refractivity contribution < 1.29 is 14.6 Å². The zero-order valence-electron chi connectivity index (χ0n) is 14.8. The Bertz CT molecular complexity index is 838. The van der Waals surface area contributed by atoms with E-state index < -0.39 is 5.60 Å². The lowest BCUT2D eigenvalue weighted by Crippen LogP contribution is -2.37. The van der Waals surface area contributed by atoms with E-state index in [1.54, 1.807) is 11.8 Å². The molecule has 0 aromatic heterocycles. The summed E-state index contributed by atoms with van der Waals surface area (Å²) < 4.78 is 5.59. The van der Waals surface area contributed by atoms with Crippen LogP contribution in [0.25, 0.3) is 0 Å². The number of anilines is 1. The van der Waals surface area contributed by atoms with E-state index in [1.807, 2.05) is 31.2 Å². The van der Waals surface area contributed by atoms with Gasteiger partial charge in [0.25, 0.3) is 0 Å². The first-order valence-electron chi connectivity index (χ1n) is 9.07. The van der Waals surface area contributed by atoms with E-state index >= 15 is 0 Å². The largest absolute Gasteiger partial charge is 0.385 e. The summed E-state index contributed by atoms with van der Waals surface area (Å²) in [5.41, 5.74) is 2.25. The number of rotatable bonds is 3. The lowest BCUT2D eigenvalue weighted by atomic mass is 9.84. The molecule has 2 aliphatic heterocycles. The molecule has 2 aromatic rings. The highest BCUT2D eigenvalue weighted by Crippen LogP contribution is 2.38. The molecule has 2 heterocycles. The molecule has 5 heteroatoms. The second kappa shape index (κ2) is 7.06. The first-order valence-corrected chi connectivity index (χ1v) is 9.89. The van der Waals surface area contributed by atoms with E-state index in [2.05, 4.69) is 23.5 Å². The molecule has 2 aliphatic rings. The van der Waals surface area contributed by atoms with Crippen LogP contribution in [0.4, 0.5) is 5.69 Å². The number of amides is 1. The van der Waals surface area contributed by atoms with Gasteiger partial charge in [-0.25, -0.2) is 0 Å². The Morgan fingerprint density at radius 1 is 1.19 bits per heavy atom. The molecule has 0 unspecified atom stereocenters. The Morgan fingerprint density at radius 3 is 2.88 bits per heavy atom. The average Bonchev–Trinajstić information content (AvgIpc) is 2.62. The van der Waals surface area contributed by atoms with E-state index in [-0.39, 0.29) is 12.0 Å². The zero-order chi connectivity index (χ0) is 18.1. The highest BCUT2D eigenvalue weighted by Gasteiger charge is 2.35. The Kier molecular flexibility index (Phi) is 4.78. The molecular weight excluding hydrogens is 346 g/mol. The maximum atomic E-state index is 11.5. The highest BCUT2D eigenvalue weighted by atomic mass is 32.2. The van der Waals surface area contributed by atoms with Gasteiger partial charge in [0.1, 0.15) is 0 Å². The number of ether oxygens (including phenoxy) is 1. The van der Waals surface area contributed by atoms with Crippen molar-refractivity contribution in [3.63, 3.8) is 0 Å². The quantitative estimate of drug-likeness (QED) is 0.855. The highest BCUT2D eigenvalue weighted by molar-refractivity contribution is 7.99. The van der Waals surface area contributed by atoms with Gasteiger partial charge in [0.2, 0.25) is 5.91 Å². The minimum atomic E-state index is -0.811. The second-order valence-electron chi connectivity index (χ2n) is 7.16. The fourth-order valence-electron chi connectivity index (χ4n) is 3.74. The van der Waals surface area contributed by atoms with Crippen molar-refractivity contribution in [1.29, 1.82) is 0 Å². The van der Waals surface area contributed by atoms with Crippen LogP contribution in [0.15, 0.2) is 52.3 Å². The molecule has 2 N–H and O–H groups in total. The predicted octanol–water partition coefficient (Wildman–Crippen LogP) is 4.11. The van der Waals surface area contributed by atoms with Crippen molar-refractivity contribution in [2.45, 2.75) is 54.1 Å². The molecule has 2 atom stereocenters. The molecule has 0 radical (unpaired) electrons. The van der Waals surface area contributed by atoms with Crippen LogP contribution in [-0.4, -0.2) is 23.7 Å². The van der Waals surface area contributed by atoms with Gasteiger partial charge in [-0.05, 0) is 54.8 Å². The van der Waals surface area contributed by atoms with E-state index in [4.69, 9.17) is 4.74 Å². The Labute approximate surface area is 158 Å². The van der Waals surface area contributed by atoms with Gasteiger partial charge < -0.3 is 15.2 Å². The molecule has 4 rings (SSSR count). The van der Waals surface area contributed by atoms with Crippen molar-refractivity contribution in [1.82, 2.24) is 0 Å². The maximum absolute atomic E-state index is 11.5. The van der Waals surface area contributed by atoms with Crippen LogP contribution in [0.2, 0.25) is 0 Å². The number of carbonyl (C=O) groups excluding carboxylic acids is 1. The Hall–Kier alpha value is -1.82. The summed E-state index contributed by atoms with van der Waals surface area (Å²) in [7, 11) is 0. The molecular formula is C21H23NO3S. The molecule has 26 heavy (non-hydrogen) atoms. The monoisotopic (exact) mass is 369 g/mol. The smallest absolute Gasteiger partial charge is 0.224 e. The number of aryl methyl sites for hydroxylation is 1. The van der Waals surface area contributed by atoms with Crippen molar-refractivity contribution in [3.05, 3.63) is 53.6 Å². The van der Waals surface area contributed by atoms with Gasteiger partial charge in [-0.1, -0.05) is 23.9 Å². The normalized spacial score (nSPS) is 25.5. The van der Waals surface area contributed by atoms with Crippen LogP contribution in [0.5, 0.6) is 0 Å². The molecule has 1 amide bonds. The van der Waals surface area contributed by atoms with Crippen LogP contribution in [0, 0.1) is 0 Å². The van der Waals surface area contributed by atoms with Crippen molar-refractivity contribution in [2.75, 3.05) is 11.9 Å². The Morgan fingerprint density at radius 2 is 2.04 bits per heavy atom. The topological polar surface area (TPSA) is 58.6 Å². The first kappa shape index (κ1) is 17.6. The van der Waals surface area contributed by atoms with Gasteiger partial charge in [-0.2, -0.15) is 0 Å². The third-order valence-electron chi connectivity index (χ3n) is 5.12. The molecule has 0 bridgehead atoms. The number of carbonyl (C=O) groups is 1. The summed E-state index contributed by atoms with van der Waals surface area (Å²) in [6.07, 6.45) is 2.65. The standard InChI is InChI=1S/C21H23NO3S/c1-14-13-21(24,9-10-25-14)16-3-2-4-17(12-16)26-18-6-7-19-15(11-18)5-8-20(23)22-19/h2-4,6-7,11-12,14,24H,5,8-10,13H2,1H3,(H,22,23)/t14-,21+/m0/s1. The summed E-state index contributed by atoms with van der Waals surface area (Å²) in [4.78, 5) is 13.7. The number of hydrogen-bond donors (Lipinski definition) is 2. The van der Waals surface area contributed by atoms with E-state index in [1.165, 1.54) is 5.56 Å². The summed E-state index contributed by atoms with van der Waals surface area (Å²) in [5, 5.41) is 14.0. The molecule has 2 aromatic carbocycles.